The number of anilines is 3. The van der Waals surface area contributed by atoms with Crippen molar-refractivity contribution in [1.82, 2.24) is 0 Å². The Morgan fingerprint density at radius 3 is 2.52 bits per heavy atom. The minimum Gasteiger partial charge on any atom is -0.462 e. The highest BCUT2D eigenvalue weighted by atomic mass is 19.1. The highest BCUT2D eigenvalue weighted by Crippen LogP contribution is 2.26. The van der Waals surface area contributed by atoms with Gasteiger partial charge in [0.25, 0.3) is 0 Å². The Hall–Kier alpha value is -2.63. The van der Waals surface area contributed by atoms with Crippen molar-refractivity contribution in [3.63, 3.8) is 0 Å². The summed E-state index contributed by atoms with van der Waals surface area (Å²) in [7, 11) is 0. The van der Waals surface area contributed by atoms with E-state index in [1.807, 2.05) is 0 Å². The fourth-order valence-electron chi connectivity index (χ4n) is 1.75. The lowest BCUT2D eigenvalue weighted by Crippen LogP contribution is -2.06. The van der Waals surface area contributed by atoms with Gasteiger partial charge in [0, 0.05) is 6.07 Å². The van der Waals surface area contributed by atoms with Crippen LogP contribution in [0.3, 0.4) is 0 Å². The van der Waals surface area contributed by atoms with Crippen molar-refractivity contribution >= 4 is 23.0 Å². The van der Waals surface area contributed by atoms with E-state index in [0.717, 1.165) is 12.1 Å². The third-order valence-corrected chi connectivity index (χ3v) is 2.76. The molecule has 110 valence electrons. The first-order valence-corrected chi connectivity index (χ1v) is 6.30. The molecule has 6 heteroatoms. The molecular formula is C15H14F2N2O2. The molecule has 0 aliphatic rings. The molecule has 0 fully saturated rings. The van der Waals surface area contributed by atoms with Crippen molar-refractivity contribution in [2.75, 3.05) is 17.7 Å². The molecule has 2 aromatic rings. The highest BCUT2D eigenvalue weighted by Gasteiger charge is 2.10. The molecule has 0 aromatic heterocycles. The smallest absolute Gasteiger partial charge is 0.338 e. The van der Waals surface area contributed by atoms with E-state index in [0.29, 0.717) is 11.3 Å². The Morgan fingerprint density at radius 2 is 1.90 bits per heavy atom. The molecule has 21 heavy (non-hydrogen) atoms. The number of carbonyl (C=O) groups excluding carboxylic acids is 1. The molecule has 0 bridgehead atoms. The number of nitrogens with one attached hydrogen (secondary N) is 1. The van der Waals surface area contributed by atoms with Crippen molar-refractivity contribution in [2.24, 2.45) is 0 Å². The maximum Gasteiger partial charge on any atom is 0.338 e. The molecule has 0 unspecified atom stereocenters. The lowest BCUT2D eigenvalue weighted by Gasteiger charge is -2.11. The van der Waals surface area contributed by atoms with Crippen molar-refractivity contribution in [1.29, 1.82) is 0 Å². The van der Waals surface area contributed by atoms with Gasteiger partial charge in [-0.15, -0.1) is 0 Å². The molecule has 2 rings (SSSR count). The number of benzene rings is 2. The maximum atomic E-state index is 13.6. The summed E-state index contributed by atoms with van der Waals surface area (Å²) < 4.78 is 31.3. The molecule has 0 saturated heterocycles. The summed E-state index contributed by atoms with van der Waals surface area (Å²) in [6.45, 7) is 1.97. The molecule has 4 nitrogen and oxygen atoms in total. The predicted octanol–water partition coefficient (Wildman–Crippen LogP) is 3.47. The number of rotatable bonds is 4. The molecule has 0 saturated carbocycles. The quantitative estimate of drug-likeness (QED) is 0.669. The van der Waals surface area contributed by atoms with Gasteiger partial charge in [-0.3, -0.25) is 0 Å². The first-order valence-electron chi connectivity index (χ1n) is 6.30. The van der Waals surface area contributed by atoms with Gasteiger partial charge < -0.3 is 15.8 Å². The number of halogens is 2. The molecular weight excluding hydrogens is 278 g/mol. The van der Waals surface area contributed by atoms with Gasteiger partial charge >= 0.3 is 5.97 Å². The SMILES string of the molecule is CCOC(=O)c1ccc(Nc2ccc(F)cc2F)c(N)c1. The monoisotopic (exact) mass is 292 g/mol. The summed E-state index contributed by atoms with van der Waals surface area (Å²) >= 11 is 0. The average molecular weight is 292 g/mol. The zero-order valence-electron chi connectivity index (χ0n) is 11.3. The second-order valence-corrected chi connectivity index (χ2v) is 4.27. The molecule has 0 amide bonds. The van der Waals surface area contributed by atoms with Crippen LogP contribution in [0, 0.1) is 11.6 Å². The van der Waals surface area contributed by atoms with Crippen molar-refractivity contribution in [2.45, 2.75) is 6.92 Å². The Labute approximate surface area is 120 Å². The summed E-state index contributed by atoms with van der Waals surface area (Å²) in [4.78, 5) is 11.6. The fourth-order valence-corrected chi connectivity index (χ4v) is 1.75. The Balaban J connectivity index is 2.23. The predicted molar refractivity (Wildman–Crippen MR) is 76.5 cm³/mol. The van der Waals surface area contributed by atoms with E-state index in [9.17, 15) is 13.6 Å². The Morgan fingerprint density at radius 1 is 1.19 bits per heavy atom. The largest absolute Gasteiger partial charge is 0.462 e. The number of ether oxygens (including phenoxy) is 1. The van der Waals surface area contributed by atoms with Crippen LogP contribution < -0.4 is 11.1 Å². The van der Waals surface area contributed by atoms with Crippen molar-refractivity contribution < 1.29 is 18.3 Å². The van der Waals surface area contributed by atoms with Gasteiger partial charge in [-0.25, -0.2) is 13.6 Å². The van der Waals surface area contributed by atoms with E-state index < -0.39 is 17.6 Å². The van der Waals surface area contributed by atoms with Gasteiger partial charge in [0.05, 0.1) is 29.2 Å². The summed E-state index contributed by atoms with van der Waals surface area (Å²) in [5.41, 5.74) is 6.88. The fraction of sp³-hybridized carbons (Fsp3) is 0.133. The summed E-state index contributed by atoms with van der Waals surface area (Å²) in [5, 5.41) is 2.75. The third kappa shape index (κ3) is 3.47. The zero-order chi connectivity index (χ0) is 15.4. The topological polar surface area (TPSA) is 64.3 Å². The van der Waals surface area contributed by atoms with Crippen LogP contribution in [0.5, 0.6) is 0 Å². The minimum absolute atomic E-state index is 0.0898. The molecule has 0 radical (unpaired) electrons. The standard InChI is InChI=1S/C15H14F2N2O2/c1-2-21-15(20)9-3-5-14(12(18)7-9)19-13-6-4-10(16)8-11(13)17/h3-8,19H,2,18H2,1H3. The first-order chi connectivity index (χ1) is 10.0. The van der Waals surface area contributed by atoms with Crippen LogP contribution in [0.15, 0.2) is 36.4 Å². The summed E-state index contributed by atoms with van der Waals surface area (Å²) in [5.74, 6) is -1.88. The van der Waals surface area contributed by atoms with Crippen LogP contribution >= 0.6 is 0 Å². The zero-order valence-corrected chi connectivity index (χ0v) is 11.3. The van der Waals surface area contributed by atoms with E-state index in [1.165, 1.54) is 24.3 Å². The van der Waals surface area contributed by atoms with Crippen LogP contribution in [0.4, 0.5) is 25.8 Å². The lowest BCUT2D eigenvalue weighted by molar-refractivity contribution is 0.0526. The van der Waals surface area contributed by atoms with Gasteiger partial charge in [-0.05, 0) is 37.3 Å². The van der Waals surface area contributed by atoms with E-state index in [2.05, 4.69) is 5.32 Å². The number of nitrogen functional groups attached to an aromatic ring is 1. The second kappa shape index (κ2) is 6.21. The van der Waals surface area contributed by atoms with E-state index in [4.69, 9.17) is 10.5 Å². The van der Waals surface area contributed by atoms with Gasteiger partial charge in [0.15, 0.2) is 0 Å². The molecule has 0 aliphatic carbocycles. The van der Waals surface area contributed by atoms with E-state index in [-0.39, 0.29) is 18.0 Å². The van der Waals surface area contributed by atoms with E-state index >= 15 is 0 Å². The van der Waals surface area contributed by atoms with E-state index in [1.54, 1.807) is 6.92 Å². The number of nitrogens with two attached hydrogens (primary N) is 1. The molecule has 2 aromatic carbocycles. The molecule has 0 atom stereocenters. The third-order valence-electron chi connectivity index (χ3n) is 2.76. The molecule has 0 spiro atoms. The van der Waals surface area contributed by atoms with Crippen LogP contribution in [0.2, 0.25) is 0 Å². The second-order valence-electron chi connectivity index (χ2n) is 4.27. The van der Waals surface area contributed by atoms with Crippen LogP contribution in [0.1, 0.15) is 17.3 Å². The molecule has 0 aliphatic heterocycles. The van der Waals surface area contributed by atoms with Crippen LogP contribution in [-0.2, 0) is 4.74 Å². The number of hydrogen-bond donors (Lipinski definition) is 2. The van der Waals surface area contributed by atoms with Crippen LogP contribution in [-0.4, -0.2) is 12.6 Å². The number of esters is 1. The van der Waals surface area contributed by atoms with Crippen molar-refractivity contribution in [3.05, 3.63) is 53.6 Å². The van der Waals surface area contributed by atoms with Gasteiger partial charge in [0.2, 0.25) is 0 Å². The maximum absolute atomic E-state index is 13.6. The molecule has 0 heterocycles. The normalized spacial score (nSPS) is 10.2. The van der Waals surface area contributed by atoms with Gasteiger partial charge in [-0.2, -0.15) is 0 Å². The number of carbonyl (C=O) groups is 1. The van der Waals surface area contributed by atoms with Gasteiger partial charge in [0.1, 0.15) is 11.6 Å². The van der Waals surface area contributed by atoms with Gasteiger partial charge in [-0.1, -0.05) is 0 Å². The highest BCUT2D eigenvalue weighted by molar-refractivity contribution is 5.92. The Bertz CT molecular complexity index is 675. The minimum atomic E-state index is -0.733. The average Bonchev–Trinajstić information content (AvgIpc) is 2.44. The first kappa shape index (κ1) is 14.8. The van der Waals surface area contributed by atoms with Crippen LogP contribution in [0.25, 0.3) is 0 Å². The lowest BCUT2D eigenvalue weighted by atomic mass is 10.1. The summed E-state index contributed by atoms with van der Waals surface area (Å²) in [6, 6.07) is 7.65. The molecule has 3 N–H and O–H groups in total. The Kier molecular flexibility index (Phi) is 4.37. The number of hydrogen-bond acceptors (Lipinski definition) is 4. The van der Waals surface area contributed by atoms with Crippen molar-refractivity contribution in [3.8, 4) is 0 Å². The summed E-state index contributed by atoms with van der Waals surface area (Å²) in [6.07, 6.45) is 0.